The number of halogens is 1. The second-order valence-corrected chi connectivity index (χ2v) is 4.61. The van der Waals surface area contributed by atoms with Crippen molar-refractivity contribution < 1.29 is 9.66 Å². The number of para-hydroxylation sites is 1. The first-order chi connectivity index (χ1) is 9.54. The van der Waals surface area contributed by atoms with Crippen LogP contribution in [0.3, 0.4) is 0 Å². The molecule has 0 aromatic heterocycles. The number of hydrogen-bond acceptors (Lipinski definition) is 4. The molecule has 104 valence electrons. The van der Waals surface area contributed by atoms with Crippen molar-refractivity contribution in [2.75, 3.05) is 0 Å². The molecule has 0 aliphatic rings. The largest absolute Gasteiger partial charge is 0.449 e. The lowest BCUT2D eigenvalue weighted by Gasteiger charge is -2.13. The Bertz CT molecular complexity index is 659. The highest BCUT2D eigenvalue weighted by molar-refractivity contribution is 6.31. The molecule has 0 saturated carbocycles. The number of rotatable bonds is 4. The van der Waals surface area contributed by atoms with E-state index in [0.29, 0.717) is 21.9 Å². The van der Waals surface area contributed by atoms with E-state index in [2.05, 4.69) is 0 Å². The fourth-order valence-corrected chi connectivity index (χ4v) is 2.10. The third-order valence-corrected chi connectivity index (χ3v) is 3.23. The van der Waals surface area contributed by atoms with Gasteiger partial charge in [-0.2, -0.15) is 0 Å². The van der Waals surface area contributed by atoms with E-state index in [1.54, 1.807) is 37.3 Å². The molecule has 0 heterocycles. The predicted molar refractivity (Wildman–Crippen MR) is 77.3 cm³/mol. The van der Waals surface area contributed by atoms with Crippen LogP contribution in [0.2, 0.25) is 5.02 Å². The SMILES string of the molecule is Cc1cccc([N+](=O)[O-])c1Oc1cccc(Cl)c1CN. The van der Waals surface area contributed by atoms with Crippen LogP contribution < -0.4 is 10.5 Å². The Balaban J connectivity index is 2.50. The average molecular weight is 293 g/mol. The van der Waals surface area contributed by atoms with E-state index >= 15 is 0 Å². The van der Waals surface area contributed by atoms with Crippen LogP contribution in [0.4, 0.5) is 5.69 Å². The Morgan fingerprint density at radius 1 is 1.30 bits per heavy atom. The van der Waals surface area contributed by atoms with Gasteiger partial charge in [-0.1, -0.05) is 29.8 Å². The zero-order chi connectivity index (χ0) is 14.7. The maximum absolute atomic E-state index is 11.1. The molecule has 6 heteroatoms. The first kappa shape index (κ1) is 14.3. The molecular weight excluding hydrogens is 280 g/mol. The normalized spacial score (nSPS) is 10.3. The Kier molecular flexibility index (Phi) is 4.22. The standard InChI is InChI=1S/C14H13ClN2O3/c1-9-4-2-6-12(17(18)19)14(9)20-13-7-3-5-11(15)10(13)8-16/h2-7H,8,16H2,1H3. The van der Waals surface area contributed by atoms with E-state index in [9.17, 15) is 10.1 Å². The maximum Gasteiger partial charge on any atom is 0.311 e. The summed E-state index contributed by atoms with van der Waals surface area (Å²) in [6.45, 7) is 1.93. The summed E-state index contributed by atoms with van der Waals surface area (Å²) >= 11 is 6.04. The summed E-state index contributed by atoms with van der Waals surface area (Å²) in [5, 5.41) is 11.5. The van der Waals surface area contributed by atoms with Crippen molar-refractivity contribution >= 4 is 17.3 Å². The Labute approximate surface area is 121 Å². The Morgan fingerprint density at radius 3 is 2.65 bits per heavy atom. The lowest BCUT2D eigenvalue weighted by atomic mass is 10.1. The van der Waals surface area contributed by atoms with Crippen LogP contribution in [0, 0.1) is 17.0 Å². The van der Waals surface area contributed by atoms with E-state index < -0.39 is 4.92 Å². The third kappa shape index (κ3) is 2.74. The van der Waals surface area contributed by atoms with Crippen molar-refractivity contribution in [2.45, 2.75) is 13.5 Å². The Hall–Kier alpha value is -2.11. The van der Waals surface area contributed by atoms with E-state index in [0.717, 1.165) is 0 Å². The minimum absolute atomic E-state index is 0.0899. The summed E-state index contributed by atoms with van der Waals surface area (Å²) in [5.41, 5.74) is 6.84. The molecule has 0 radical (unpaired) electrons. The highest BCUT2D eigenvalue weighted by atomic mass is 35.5. The van der Waals surface area contributed by atoms with Crippen molar-refractivity contribution in [3.05, 3.63) is 62.7 Å². The molecule has 2 aromatic rings. The first-order valence-corrected chi connectivity index (χ1v) is 6.31. The lowest BCUT2D eigenvalue weighted by Crippen LogP contribution is -2.02. The maximum atomic E-state index is 11.1. The molecule has 0 atom stereocenters. The smallest absolute Gasteiger partial charge is 0.311 e. The number of nitro groups is 1. The molecule has 0 bridgehead atoms. The summed E-state index contributed by atoms with van der Waals surface area (Å²) in [7, 11) is 0. The van der Waals surface area contributed by atoms with Gasteiger partial charge in [-0.3, -0.25) is 10.1 Å². The molecule has 0 fully saturated rings. The van der Waals surface area contributed by atoms with E-state index in [1.807, 2.05) is 0 Å². The summed E-state index contributed by atoms with van der Waals surface area (Å²) in [6, 6.07) is 9.85. The van der Waals surface area contributed by atoms with Crippen molar-refractivity contribution in [3.8, 4) is 11.5 Å². The van der Waals surface area contributed by atoms with Crippen LogP contribution in [-0.2, 0) is 6.54 Å². The van der Waals surface area contributed by atoms with Crippen molar-refractivity contribution in [2.24, 2.45) is 5.73 Å². The highest BCUT2D eigenvalue weighted by Crippen LogP contribution is 2.37. The molecule has 0 amide bonds. The van der Waals surface area contributed by atoms with E-state index in [4.69, 9.17) is 22.1 Å². The highest BCUT2D eigenvalue weighted by Gasteiger charge is 2.19. The second-order valence-electron chi connectivity index (χ2n) is 4.20. The molecule has 0 aliphatic heterocycles. The van der Waals surface area contributed by atoms with Gasteiger partial charge in [0, 0.05) is 23.2 Å². The first-order valence-electron chi connectivity index (χ1n) is 5.94. The number of benzene rings is 2. The Morgan fingerprint density at radius 2 is 2.00 bits per heavy atom. The topological polar surface area (TPSA) is 78.4 Å². The molecule has 5 nitrogen and oxygen atoms in total. The van der Waals surface area contributed by atoms with Crippen molar-refractivity contribution in [1.82, 2.24) is 0 Å². The lowest BCUT2D eigenvalue weighted by molar-refractivity contribution is -0.385. The van der Waals surface area contributed by atoms with Crippen LogP contribution in [0.1, 0.15) is 11.1 Å². The van der Waals surface area contributed by atoms with Gasteiger partial charge < -0.3 is 10.5 Å². The number of nitro benzene ring substituents is 1. The predicted octanol–water partition coefficient (Wildman–Crippen LogP) is 3.81. The number of nitrogens with zero attached hydrogens (tertiary/aromatic N) is 1. The summed E-state index contributed by atoms with van der Waals surface area (Å²) in [6.07, 6.45) is 0. The number of hydrogen-bond donors (Lipinski definition) is 1. The third-order valence-electron chi connectivity index (χ3n) is 2.88. The zero-order valence-corrected chi connectivity index (χ0v) is 11.6. The van der Waals surface area contributed by atoms with Crippen LogP contribution in [0.5, 0.6) is 11.5 Å². The van der Waals surface area contributed by atoms with Gasteiger partial charge >= 0.3 is 5.69 Å². The minimum Gasteiger partial charge on any atom is -0.449 e. The number of ether oxygens (including phenoxy) is 1. The number of nitrogens with two attached hydrogens (primary N) is 1. The molecule has 0 unspecified atom stereocenters. The van der Waals surface area contributed by atoms with Crippen molar-refractivity contribution in [1.29, 1.82) is 0 Å². The van der Waals surface area contributed by atoms with Crippen LogP contribution >= 0.6 is 11.6 Å². The van der Waals surface area contributed by atoms with Gasteiger partial charge in [-0.05, 0) is 24.6 Å². The molecule has 0 spiro atoms. The van der Waals surface area contributed by atoms with E-state index in [1.165, 1.54) is 6.07 Å². The summed E-state index contributed by atoms with van der Waals surface area (Å²) in [4.78, 5) is 10.6. The molecule has 2 rings (SSSR count). The molecule has 2 aromatic carbocycles. The van der Waals surface area contributed by atoms with Crippen LogP contribution in [0.15, 0.2) is 36.4 Å². The van der Waals surface area contributed by atoms with Crippen LogP contribution in [-0.4, -0.2) is 4.92 Å². The number of aryl methyl sites for hydroxylation is 1. The second kappa shape index (κ2) is 5.90. The fraction of sp³-hybridized carbons (Fsp3) is 0.143. The van der Waals surface area contributed by atoms with Gasteiger partial charge in [0.2, 0.25) is 5.75 Å². The van der Waals surface area contributed by atoms with Gasteiger partial charge in [0.05, 0.1) is 4.92 Å². The average Bonchev–Trinajstić information content (AvgIpc) is 2.41. The quantitative estimate of drug-likeness (QED) is 0.686. The van der Waals surface area contributed by atoms with E-state index in [-0.39, 0.29) is 18.0 Å². The van der Waals surface area contributed by atoms with Gasteiger partial charge in [0.15, 0.2) is 0 Å². The molecule has 0 saturated heterocycles. The fourth-order valence-electron chi connectivity index (χ4n) is 1.86. The molecule has 0 aliphatic carbocycles. The minimum atomic E-state index is -0.477. The van der Waals surface area contributed by atoms with Gasteiger partial charge in [0.25, 0.3) is 0 Å². The van der Waals surface area contributed by atoms with Crippen LogP contribution in [0.25, 0.3) is 0 Å². The zero-order valence-electron chi connectivity index (χ0n) is 10.8. The van der Waals surface area contributed by atoms with Gasteiger partial charge in [-0.15, -0.1) is 0 Å². The molecular formula is C14H13ClN2O3. The van der Waals surface area contributed by atoms with Gasteiger partial charge in [0.1, 0.15) is 5.75 Å². The van der Waals surface area contributed by atoms with Crippen molar-refractivity contribution in [3.63, 3.8) is 0 Å². The van der Waals surface area contributed by atoms with Gasteiger partial charge in [-0.25, -0.2) is 0 Å². The molecule has 20 heavy (non-hydrogen) atoms. The summed E-state index contributed by atoms with van der Waals surface area (Å²) in [5.74, 6) is 0.631. The molecule has 2 N–H and O–H groups in total. The summed E-state index contributed by atoms with van der Waals surface area (Å²) < 4.78 is 5.70. The monoisotopic (exact) mass is 292 g/mol.